The fourth-order valence-electron chi connectivity index (χ4n) is 4.81. The van der Waals surface area contributed by atoms with Crippen LogP contribution in [0.3, 0.4) is 0 Å². The second-order valence-corrected chi connectivity index (χ2v) is 9.14. The molecule has 0 bridgehead atoms. The smallest absolute Gasteiger partial charge is 0.308 e. The van der Waals surface area contributed by atoms with Crippen molar-refractivity contribution in [3.05, 3.63) is 23.8 Å². The fourth-order valence-corrected chi connectivity index (χ4v) is 4.81. The minimum Gasteiger partial charge on any atom is -0.423 e. The predicted molar refractivity (Wildman–Crippen MR) is 128 cm³/mol. The van der Waals surface area contributed by atoms with Gasteiger partial charge in [-0.25, -0.2) is 0 Å². The van der Waals surface area contributed by atoms with Crippen LogP contribution in [0.5, 0.6) is 11.5 Å². The zero-order chi connectivity index (χ0) is 25.3. The van der Waals surface area contributed by atoms with Crippen molar-refractivity contribution in [2.24, 2.45) is 26.6 Å². The lowest BCUT2D eigenvalue weighted by Gasteiger charge is -2.32. The maximum absolute atomic E-state index is 12.9. The zero-order valence-corrected chi connectivity index (χ0v) is 20.9. The highest BCUT2D eigenvalue weighted by Crippen LogP contribution is 2.42. The molecule has 0 atom stereocenters. The second kappa shape index (κ2) is 12.5. The van der Waals surface area contributed by atoms with Gasteiger partial charge in [0.05, 0.1) is 0 Å². The lowest BCUT2D eigenvalue weighted by molar-refractivity contribution is -0.134. The van der Waals surface area contributed by atoms with Gasteiger partial charge in [0.15, 0.2) is 17.2 Å². The van der Waals surface area contributed by atoms with Crippen LogP contribution < -0.4 is 9.47 Å². The van der Waals surface area contributed by atoms with E-state index in [1.54, 1.807) is 18.2 Å². The van der Waals surface area contributed by atoms with Crippen molar-refractivity contribution in [2.75, 3.05) is 13.1 Å². The minimum absolute atomic E-state index is 0.0786. The number of hydrogen-bond acceptors (Lipinski definition) is 9. The normalized spacial score (nSPS) is 16.8. The molecule has 0 spiro atoms. The Hall–Kier alpha value is -3.17. The van der Waals surface area contributed by atoms with Crippen LogP contribution in [0.15, 0.2) is 38.9 Å². The number of ether oxygens (including phenoxy) is 2. The molecule has 1 aliphatic heterocycles. The Kier molecular flexibility index (Phi) is 9.45. The Balaban J connectivity index is 1.54. The maximum Gasteiger partial charge on any atom is 0.308 e. The van der Waals surface area contributed by atoms with E-state index >= 15 is 0 Å². The molecule has 1 saturated carbocycles. The Morgan fingerprint density at radius 2 is 1.66 bits per heavy atom. The van der Waals surface area contributed by atoms with Crippen molar-refractivity contribution in [3.63, 3.8) is 0 Å². The van der Waals surface area contributed by atoms with Crippen molar-refractivity contribution in [2.45, 2.75) is 84.2 Å². The van der Waals surface area contributed by atoms with Gasteiger partial charge in [0.25, 0.3) is 0 Å². The third-order valence-electron chi connectivity index (χ3n) is 6.59. The van der Waals surface area contributed by atoms with Crippen LogP contribution in [0.25, 0.3) is 0 Å². The SMILES string of the molecule is CCN(CCc1ccc(OC(C)=O)c(OC(C)=O)c1)C(=O)CCCC1(C2CCCCC2)N=NN=N1. The quantitative estimate of drug-likeness (QED) is 0.314. The number of carbonyl (C=O) groups excluding carboxylic acids is 3. The van der Waals surface area contributed by atoms with Crippen LogP contribution in [0.4, 0.5) is 0 Å². The van der Waals surface area contributed by atoms with E-state index in [-0.39, 0.29) is 17.4 Å². The van der Waals surface area contributed by atoms with Gasteiger partial charge < -0.3 is 14.4 Å². The van der Waals surface area contributed by atoms with Gasteiger partial charge in [0.1, 0.15) is 0 Å². The van der Waals surface area contributed by atoms with Gasteiger partial charge >= 0.3 is 11.9 Å². The molecule has 2 aliphatic rings. The van der Waals surface area contributed by atoms with E-state index in [2.05, 4.69) is 20.7 Å². The summed E-state index contributed by atoms with van der Waals surface area (Å²) in [5.74, 6) is -0.201. The van der Waals surface area contributed by atoms with Crippen LogP contribution >= 0.6 is 0 Å². The number of likely N-dealkylation sites (N-methyl/N-ethyl adjacent to an activating group) is 1. The Morgan fingerprint density at radius 1 is 1.00 bits per heavy atom. The average Bonchev–Trinajstić information content (AvgIpc) is 3.31. The molecular weight excluding hydrogens is 450 g/mol. The summed E-state index contributed by atoms with van der Waals surface area (Å²) in [4.78, 5) is 37.5. The summed E-state index contributed by atoms with van der Waals surface area (Å²) < 4.78 is 10.3. The highest BCUT2D eigenvalue weighted by Gasteiger charge is 2.42. The zero-order valence-electron chi connectivity index (χ0n) is 20.9. The first kappa shape index (κ1) is 26.4. The predicted octanol–water partition coefficient (Wildman–Crippen LogP) is 5.21. The van der Waals surface area contributed by atoms with Gasteiger partial charge in [0.2, 0.25) is 5.91 Å². The monoisotopic (exact) mass is 485 g/mol. The molecule has 1 aromatic rings. The number of nitrogens with zero attached hydrogens (tertiary/aromatic N) is 5. The first-order valence-electron chi connectivity index (χ1n) is 12.4. The summed E-state index contributed by atoms with van der Waals surface area (Å²) in [6.45, 7) is 5.64. The summed E-state index contributed by atoms with van der Waals surface area (Å²) in [5.41, 5.74) is 0.278. The highest BCUT2D eigenvalue weighted by atomic mass is 16.6. The van der Waals surface area contributed by atoms with Crippen molar-refractivity contribution in [3.8, 4) is 11.5 Å². The molecule has 0 aromatic heterocycles. The molecule has 1 aromatic carbocycles. The van der Waals surface area contributed by atoms with Gasteiger partial charge in [-0.3, -0.25) is 14.4 Å². The summed E-state index contributed by atoms with van der Waals surface area (Å²) >= 11 is 0. The highest BCUT2D eigenvalue weighted by molar-refractivity contribution is 5.76. The Bertz CT molecular complexity index is 959. The number of esters is 2. The second-order valence-electron chi connectivity index (χ2n) is 9.14. The number of carbonyl (C=O) groups is 3. The molecule has 190 valence electrons. The third-order valence-corrected chi connectivity index (χ3v) is 6.59. The van der Waals surface area contributed by atoms with Crippen molar-refractivity contribution in [1.29, 1.82) is 0 Å². The summed E-state index contributed by atoms with van der Waals surface area (Å²) in [6.07, 6.45) is 8.12. The molecule has 1 fully saturated rings. The molecule has 3 rings (SSSR count). The molecule has 0 N–H and O–H groups in total. The molecule has 1 amide bonds. The number of hydrogen-bond donors (Lipinski definition) is 0. The summed E-state index contributed by atoms with van der Waals surface area (Å²) in [5, 5.41) is 16.4. The van der Waals surface area contributed by atoms with Crippen LogP contribution in [0, 0.1) is 5.92 Å². The standard InChI is InChI=1S/C25H35N5O5/c1-4-30(16-14-20-12-13-22(34-18(2)31)23(17-20)35-19(3)32)24(33)11-8-15-25(26-28-29-27-25)21-9-6-5-7-10-21/h12-13,17,21H,4-11,14-16H2,1-3H3. The van der Waals surface area contributed by atoms with Gasteiger partial charge in [0, 0.05) is 39.3 Å². The lowest BCUT2D eigenvalue weighted by Crippen LogP contribution is -2.35. The van der Waals surface area contributed by atoms with E-state index in [4.69, 9.17) is 9.47 Å². The number of benzene rings is 1. The lowest BCUT2D eigenvalue weighted by atomic mass is 9.78. The molecule has 10 heteroatoms. The molecular formula is C25H35N5O5. The summed E-state index contributed by atoms with van der Waals surface area (Å²) in [6, 6.07) is 5.07. The van der Waals surface area contributed by atoms with E-state index in [0.717, 1.165) is 18.4 Å². The van der Waals surface area contributed by atoms with E-state index < -0.39 is 17.6 Å². The van der Waals surface area contributed by atoms with E-state index in [0.29, 0.717) is 44.7 Å². The van der Waals surface area contributed by atoms with Gasteiger partial charge in [-0.1, -0.05) is 25.3 Å². The fraction of sp³-hybridized carbons (Fsp3) is 0.640. The largest absolute Gasteiger partial charge is 0.423 e. The van der Waals surface area contributed by atoms with Crippen LogP contribution in [0.1, 0.15) is 77.7 Å². The van der Waals surface area contributed by atoms with Crippen LogP contribution in [-0.4, -0.2) is 41.5 Å². The van der Waals surface area contributed by atoms with E-state index in [1.807, 2.05) is 11.8 Å². The number of amides is 1. The number of rotatable bonds is 11. The molecule has 1 aliphatic carbocycles. The molecule has 0 radical (unpaired) electrons. The Morgan fingerprint density at radius 3 is 2.29 bits per heavy atom. The molecule has 35 heavy (non-hydrogen) atoms. The molecule has 10 nitrogen and oxygen atoms in total. The molecule has 0 unspecified atom stereocenters. The summed E-state index contributed by atoms with van der Waals surface area (Å²) in [7, 11) is 0. The third kappa shape index (κ3) is 7.40. The van der Waals surface area contributed by atoms with Crippen molar-refractivity contribution in [1.82, 2.24) is 4.90 Å². The van der Waals surface area contributed by atoms with E-state index in [1.165, 1.54) is 33.1 Å². The Labute approximate surface area is 206 Å². The van der Waals surface area contributed by atoms with Gasteiger partial charge in [-0.05, 0) is 67.2 Å². The van der Waals surface area contributed by atoms with E-state index in [9.17, 15) is 14.4 Å². The maximum atomic E-state index is 12.9. The minimum atomic E-state index is -0.589. The topological polar surface area (TPSA) is 122 Å². The first-order valence-corrected chi connectivity index (χ1v) is 12.4. The molecule has 1 heterocycles. The first-order chi connectivity index (χ1) is 16.8. The van der Waals surface area contributed by atoms with Crippen LogP contribution in [0.2, 0.25) is 0 Å². The van der Waals surface area contributed by atoms with Crippen molar-refractivity contribution < 1.29 is 23.9 Å². The average molecular weight is 486 g/mol. The van der Waals surface area contributed by atoms with Gasteiger partial charge in [-0.2, -0.15) is 0 Å². The molecule has 0 saturated heterocycles. The van der Waals surface area contributed by atoms with Crippen molar-refractivity contribution >= 4 is 17.8 Å². The van der Waals surface area contributed by atoms with Gasteiger partial charge in [-0.15, -0.1) is 10.2 Å². The van der Waals surface area contributed by atoms with Crippen LogP contribution in [-0.2, 0) is 20.8 Å².